The second-order valence-electron chi connectivity index (χ2n) is 6.50. The zero-order chi connectivity index (χ0) is 19.1. The highest BCUT2D eigenvalue weighted by atomic mass is 16.5. The van der Waals surface area contributed by atoms with Crippen molar-refractivity contribution in [2.45, 2.75) is 32.6 Å². The van der Waals surface area contributed by atoms with Gasteiger partial charge in [0, 0.05) is 30.0 Å². The van der Waals surface area contributed by atoms with Gasteiger partial charge in [-0.25, -0.2) is 4.79 Å². The lowest BCUT2D eigenvalue weighted by atomic mass is 10.2. The van der Waals surface area contributed by atoms with Gasteiger partial charge in [-0.2, -0.15) is 0 Å². The molecule has 6 nitrogen and oxygen atoms in total. The monoisotopic (exact) mass is 367 g/mol. The molecule has 0 aliphatic carbocycles. The summed E-state index contributed by atoms with van der Waals surface area (Å²) in [7, 11) is 0. The number of nitrogens with one attached hydrogen (secondary N) is 2. The number of hydrogen-bond donors (Lipinski definition) is 2. The summed E-state index contributed by atoms with van der Waals surface area (Å²) in [5.41, 5.74) is 2.13. The zero-order valence-electron chi connectivity index (χ0n) is 15.5. The normalized spacial score (nSPS) is 13.5. The second-order valence-corrected chi connectivity index (χ2v) is 6.50. The Morgan fingerprint density at radius 2 is 1.89 bits per heavy atom. The van der Waals surface area contributed by atoms with Crippen LogP contribution in [0.1, 0.15) is 32.6 Å². The SMILES string of the molecule is CCCCOc1ccc(NC(=O)Nc2cccc(N3CCCC3=O)c2)cc1. The van der Waals surface area contributed by atoms with Crippen LogP contribution in [0.15, 0.2) is 48.5 Å². The molecule has 0 aromatic heterocycles. The third-order valence-corrected chi connectivity index (χ3v) is 4.37. The average molecular weight is 367 g/mol. The molecule has 2 N–H and O–H groups in total. The maximum atomic E-state index is 12.2. The van der Waals surface area contributed by atoms with Gasteiger partial charge in [-0.15, -0.1) is 0 Å². The van der Waals surface area contributed by atoms with Crippen LogP contribution in [0, 0.1) is 0 Å². The standard InChI is InChI=1S/C21H25N3O3/c1-2-3-14-27-19-11-9-16(10-12-19)22-21(26)23-17-6-4-7-18(15-17)24-13-5-8-20(24)25/h4,6-7,9-12,15H,2-3,5,8,13-14H2,1H3,(H2,22,23,26). The molecule has 0 saturated carbocycles. The topological polar surface area (TPSA) is 70.7 Å². The summed E-state index contributed by atoms with van der Waals surface area (Å²) >= 11 is 0. The molecule has 3 amide bonds. The maximum absolute atomic E-state index is 12.2. The summed E-state index contributed by atoms with van der Waals surface area (Å²) < 4.78 is 5.61. The number of benzene rings is 2. The molecule has 27 heavy (non-hydrogen) atoms. The summed E-state index contributed by atoms with van der Waals surface area (Å²) in [6.07, 6.45) is 3.56. The first-order valence-corrected chi connectivity index (χ1v) is 9.37. The van der Waals surface area contributed by atoms with E-state index in [1.165, 1.54) is 0 Å². The van der Waals surface area contributed by atoms with Crippen LogP contribution in [-0.4, -0.2) is 25.1 Å². The smallest absolute Gasteiger partial charge is 0.323 e. The van der Waals surface area contributed by atoms with Gasteiger partial charge in [-0.3, -0.25) is 4.79 Å². The van der Waals surface area contributed by atoms with Gasteiger partial charge in [0.1, 0.15) is 5.75 Å². The molecule has 1 fully saturated rings. The Morgan fingerprint density at radius 1 is 1.11 bits per heavy atom. The van der Waals surface area contributed by atoms with Gasteiger partial charge >= 0.3 is 6.03 Å². The number of carbonyl (C=O) groups excluding carboxylic acids is 2. The first-order valence-electron chi connectivity index (χ1n) is 9.37. The van der Waals surface area contributed by atoms with E-state index in [-0.39, 0.29) is 11.9 Å². The number of nitrogens with zero attached hydrogens (tertiary/aromatic N) is 1. The van der Waals surface area contributed by atoms with Crippen molar-refractivity contribution in [1.29, 1.82) is 0 Å². The third kappa shape index (κ3) is 5.23. The van der Waals surface area contributed by atoms with E-state index in [1.807, 2.05) is 30.3 Å². The Labute approximate surface area is 159 Å². The van der Waals surface area contributed by atoms with Crippen molar-refractivity contribution in [3.8, 4) is 5.75 Å². The highest BCUT2D eigenvalue weighted by molar-refractivity contribution is 6.01. The molecule has 0 unspecified atom stereocenters. The van der Waals surface area contributed by atoms with Crippen LogP contribution in [-0.2, 0) is 4.79 Å². The highest BCUT2D eigenvalue weighted by Crippen LogP contribution is 2.24. The second kappa shape index (κ2) is 9.07. The molecule has 1 heterocycles. The van der Waals surface area contributed by atoms with Gasteiger partial charge in [-0.1, -0.05) is 19.4 Å². The molecule has 0 spiro atoms. The predicted molar refractivity (Wildman–Crippen MR) is 108 cm³/mol. The molecule has 1 aliphatic heterocycles. The van der Waals surface area contributed by atoms with Crippen molar-refractivity contribution in [2.24, 2.45) is 0 Å². The van der Waals surface area contributed by atoms with E-state index in [0.717, 1.165) is 37.2 Å². The maximum Gasteiger partial charge on any atom is 0.323 e. The predicted octanol–water partition coefficient (Wildman–Crippen LogP) is 4.64. The number of anilines is 3. The Hall–Kier alpha value is -3.02. The molecule has 0 bridgehead atoms. The van der Waals surface area contributed by atoms with E-state index >= 15 is 0 Å². The van der Waals surface area contributed by atoms with Crippen LogP contribution < -0.4 is 20.3 Å². The van der Waals surface area contributed by atoms with Gasteiger partial charge in [0.05, 0.1) is 6.61 Å². The van der Waals surface area contributed by atoms with Crippen LogP contribution in [0.4, 0.5) is 21.9 Å². The fraction of sp³-hybridized carbons (Fsp3) is 0.333. The summed E-state index contributed by atoms with van der Waals surface area (Å²) in [4.78, 5) is 25.9. The van der Waals surface area contributed by atoms with Crippen molar-refractivity contribution in [3.63, 3.8) is 0 Å². The lowest BCUT2D eigenvalue weighted by molar-refractivity contribution is -0.117. The molecule has 1 aliphatic rings. The molecule has 2 aromatic carbocycles. The molecule has 3 rings (SSSR count). The Morgan fingerprint density at radius 3 is 2.59 bits per heavy atom. The Balaban J connectivity index is 1.55. The first-order chi connectivity index (χ1) is 13.2. The number of ether oxygens (including phenoxy) is 1. The van der Waals surface area contributed by atoms with Crippen LogP contribution in [0.5, 0.6) is 5.75 Å². The lowest BCUT2D eigenvalue weighted by Gasteiger charge is -2.17. The first kappa shape index (κ1) is 18.8. The van der Waals surface area contributed by atoms with Crippen LogP contribution in [0.2, 0.25) is 0 Å². The third-order valence-electron chi connectivity index (χ3n) is 4.37. The van der Waals surface area contributed by atoms with Crippen molar-refractivity contribution < 1.29 is 14.3 Å². The largest absolute Gasteiger partial charge is 0.494 e. The summed E-state index contributed by atoms with van der Waals surface area (Å²) in [6, 6.07) is 14.3. The van der Waals surface area contributed by atoms with Crippen molar-refractivity contribution in [1.82, 2.24) is 0 Å². The minimum atomic E-state index is -0.334. The van der Waals surface area contributed by atoms with E-state index in [0.29, 0.717) is 24.4 Å². The van der Waals surface area contributed by atoms with E-state index in [4.69, 9.17) is 4.74 Å². The molecule has 2 aromatic rings. The zero-order valence-corrected chi connectivity index (χ0v) is 15.5. The van der Waals surface area contributed by atoms with E-state index < -0.39 is 0 Å². The number of urea groups is 1. The highest BCUT2D eigenvalue weighted by Gasteiger charge is 2.21. The summed E-state index contributed by atoms with van der Waals surface area (Å²) in [6.45, 7) is 3.54. The van der Waals surface area contributed by atoms with Gasteiger partial charge < -0.3 is 20.3 Å². The van der Waals surface area contributed by atoms with Gasteiger partial charge in [0.15, 0.2) is 0 Å². The van der Waals surface area contributed by atoms with E-state index in [1.54, 1.807) is 23.1 Å². The fourth-order valence-corrected chi connectivity index (χ4v) is 2.93. The minimum Gasteiger partial charge on any atom is -0.494 e. The molecular formula is C21H25N3O3. The van der Waals surface area contributed by atoms with Gasteiger partial charge in [0.25, 0.3) is 0 Å². The number of hydrogen-bond acceptors (Lipinski definition) is 3. The minimum absolute atomic E-state index is 0.123. The van der Waals surface area contributed by atoms with E-state index in [9.17, 15) is 9.59 Å². The number of rotatable bonds is 7. The Bertz CT molecular complexity index is 790. The molecule has 0 radical (unpaired) electrons. The van der Waals surface area contributed by atoms with Gasteiger partial charge in [0.2, 0.25) is 5.91 Å². The quantitative estimate of drug-likeness (QED) is 0.701. The molecular weight excluding hydrogens is 342 g/mol. The average Bonchev–Trinajstić information content (AvgIpc) is 3.09. The molecule has 1 saturated heterocycles. The number of unbranched alkanes of at least 4 members (excludes halogenated alkanes) is 1. The van der Waals surface area contributed by atoms with E-state index in [2.05, 4.69) is 17.6 Å². The van der Waals surface area contributed by atoms with Crippen LogP contribution >= 0.6 is 0 Å². The molecule has 6 heteroatoms. The summed E-state index contributed by atoms with van der Waals surface area (Å²) in [5, 5.41) is 5.60. The van der Waals surface area contributed by atoms with Crippen molar-refractivity contribution in [2.75, 3.05) is 28.7 Å². The Kier molecular flexibility index (Phi) is 6.30. The lowest BCUT2D eigenvalue weighted by Crippen LogP contribution is -2.24. The summed E-state index contributed by atoms with van der Waals surface area (Å²) in [5.74, 6) is 0.912. The molecule has 0 atom stereocenters. The van der Waals surface area contributed by atoms with Gasteiger partial charge in [-0.05, 0) is 55.3 Å². The fourth-order valence-electron chi connectivity index (χ4n) is 2.93. The molecule has 142 valence electrons. The van der Waals surface area contributed by atoms with Crippen LogP contribution in [0.3, 0.4) is 0 Å². The number of amides is 3. The number of carbonyl (C=O) groups is 2. The van der Waals surface area contributed by atoms with Crippen LogP contribution in [0.25, 0.3) is 0 Å². The van der Waals surface area contributed by atoms with Crippen molar-refractivity contribution >= 4 is 29.0 Å². The van der Waals surface area contributed by atoms with Crippen molar-refractivity contribution in [3.05, 3.63) is 48.5 Å².